The minimum atomic E-state index is -0.181. The SMILES string of the molecule is CC1(C)[C@@H]2CC[C@]3(CC(=O)O[C@@]13C)C2. The van der Waals surface area contributed by atoms with E-state index in [4.69, 9.17) is 4.74 Å². The van der Waals surface area contributed by atoms with Crippen molar-refractivity contribution in [2.24, 2.45) is 16.7 Å². The Morgan fingerprint density at radius 3 is 2.71 bits per heavy atom. The van der Waals surface area contributed by atoms with E-state index in [-0.39, 0.29) is 22.4 Å². The van der Waals surface area contributed by atoms with Gasteiger partial charge in [-0.3, -0.25) is 4.79 Å². The predicted octanol–water partition coefficient (Wildman–Crippen LogP) is 2.52. The average molecular weight is 194 g/mol. The van der Waals surface area contributed by atoms with E-state index in [0.717, 1.165) is 5.92 Å². The lowest BCUT2D eigenvalue weighted by atomic mass is 9.61. The molecule has 3 atom stereocenters. The van der Waals surface area contributed by atoms with Crippen LogP contribution in [0.4, 0.5) is 0 Å². The second-order valence-electron chi connectivity index (χ2n) is 6.13. The summed E-state index contributed by atoms with van der Waals surface area (Å²) in [5, 5.41) is 0. The predicted molar refractivity (Wildman–Crippen MR) is 52.7 cm³/mol. The van der Waals surface area contributed by atoms with E-state index in [1.807, 2.05) is 0 Å². The summed E-state index contributed by atoms with van der Waals surface area (Å²) in [5.74, 6) is 0.793. The Bertz CT molecular complexity index is 320. The Morgan fingerprint density at radius 1 is 1.36 bits per heavy atom. The summed E-state index contributed by atoms with van der Waals surface area (Å²) in [4.78, 5) is 11.5. The fourth-order valence-corrected chi connectivity index (χ4v) is 4.36. The van der Waals surface area contributed by atoms with E-state index in [1.165, 1.54) is 19.3 Å². The summed E-state index contributed by atoms with van der Waals surface area (Å²) in [7, 11) is 0. The first-order valence-corrected chi connectivity index (χ1v) is 5.63. The molecule has 0 aromatic rings. The second kappa shape index (κ2) is 2.02. The zero-order valence-electron chi connectivity index (χ0n) is 9.22. The molecule has 0 aromatic heterocycles. The monoisotopic (exact) mass is 194 g/mol. The van der Waals surface area contributed by atoms with Crippen molar-refractivity contribution in [2.45, 2.75) is 52.1 Å². The van der Waals surface area contributed by atoms with Gasteiger partial charge in [0.15, 0.2) is 0 Å². The highest BCUT2D eigenvalue weighted by atomic mass is 16.6. The maximum atomic E-state index is 11.5. The number of carbonyl (C=O) groups excluding carboxylic acids is 1. The fourth-order valence-electron chi connectivity index (χ4n) is 4.36. The third-order valence-corrected chi connectivity index (χ3v) is 5.67. The topological polar surface area (TPSA) is 26.3 Å². The zero-order chi connectivity index (χ0) is 10.2. The van der Waals surface area contributed by atoms with Gasteiger partial charge in [0, 0.05) is 10.8 Å². The highest BCUT2D eigenvalue weighted by Gasteiger charge is 2.74. The van der Waals surface area contributed by atoms with Crippen molar-refractivity contribution < 1.29 is 9.53 Å². The average Bonchev–Trinajstić information content (AvgIpc) is 2.61. The molecule has 1 saturated heterocycles. The first-order valence-electron chi connectivity index (χ1n) is 5.63. The van der Waals surface area contributed by atoms with Crippen LogP contribution in [0.1, 0.15) is 46.5 Å². The molecule has 14 heavy (non-hydrogen) atoms. The molecule has 3 aliphatic rings. The molecule has 1 spiro atoms. The summed E-state index contributed by atoms with van der Waals surface area (Å²) in [6, 6.07) is 0. The van der Waals surface area contributed by atoms with E-state index in [9.17, 15) is 4.79 Å². The minimum Gasteiger partial charge on any atom is -0.458 e. The van der Waals surface area contributed by atoms with Gasteiger partial charge in [-0.05, 0) is 32.1 Å². The van der Waals surface area contributed by atoms with Crippen molar-refractivity contribution in [3.8, 4) is 0 Å². The number of carbonyl (C=O) groups is 1. The molecule has 3 fully saturated rings. The van der Waals surface area contributed by atoms with Crippen molar-refractivity contribution in [2.75, 3.05) is 0 Å². The molecule has 2 heteroatoms. The Labute approximate surface area is 85.0 Å². The Hall–Kier alpha value is -0.530. The van der Waals surface area contributed by atoms with Crippen LogP contribution in [0.15, 0.2) is 0 Å². The van der Waals surface area contributed by atoms with Crippen LogP contribution in [0.2, 0.25) is 0 Å². The molecular formula is C12H18O2. The van der Waals surface area contributed by atoms with Gasteiger partial charge in [-0.1, -0.05) is 13.8 Å². The van der Waals surface area contributed by atoms with Gasteiger partial charge < -0.3 is 4.74 Å². The van der Waals surface area contributed by atoms with Gasteiger partial charge in [0.05, 0.1) is 6.42 Å². The van der Waals surface area contributed by atoms with Gasteiger partial charge in [0.1, 0.15) is 5.60 Å². The Kier molecular flexibility index (Phi) is 1.27. The first-order chi connectivity index (χ1) is 6.41. The minimum absolute atomic E-state index is 0.0286. The molecule has 2 saturated carbocycles. The summed E-state index contributed by atoms with van der Waals surface area (Å²) in [5.41, 5.74) is 0.190. The van der Waals surface area contributed by atoms with Crippen LogP contribution in [0, 0.1) is 16.7 Å². The molecule has 1 heterocycles. The van der Waals surface area contributed by atoms with Crippen molar-refractivity contribution in [3.63, 3.8) is 0 Å². The number of fused-ring (bicyclic) bond motifs is 1. The van der Waals surface area contributed by atoms with E-state index < -0.39 is 0 Å². The molecule has 0 unspecified atom stereocenters. The highest BCUT2D eigenvalue weighted by Crippen LogP contribution is 2.73. The quantitative estimate of drug-likeness (QED) is 0.554. The van der Waals surface area contributed by atoms with Crippen molar-refractivity contribution in [3.05, 3.63) is 0 Å². The molecule has 78 valence electrons. The van der Waals surface area contributed by atoms with Crippen LogP contribution >= 0.6 is 0 Å². The maximum absolute atomic E-state index is 11.5. The van der Waals surface area contributed by atoms with Crippen molar-refractivity contribution >= 4 is 5.97 Å². The number of esters is 1. The van der Waals surface area contributed by atoms with Crippen LogP contribution in [-0.4, -0.2) is 11.6 Å². The van der Waals surface area contributed by atoms with Crippen LogP contribution in [0.25, 0.3) is 0 Å². The number of ether oxygens (including phenoxy) is 1. The van der Waals surface area contributed by atoms with Gasteiger partial charge >= 0.3 is 5.97 Å². The Morgan fingerprint density at radius 2 is 2.07 bits per heavy atom. The van der Waals surface area contributed by atoms with Gasteiger partial charge in [0.25, 0.3) is 0 Å². The fraction of sp³-hybridized carbons (Fsp3) is 0.917. The van der Waals surface area contributed by atoms with Crippen LogP contribution in [0.3, 0.4) is 0 Å². The third-order valence-electron chi connectivity index (χ3n) is 5.67. The summed E-state index contributed by atoms with van der Waals surface area (Å²) in [6.45, 7) is 6.71. The molecule has 0 N–H and O–H groups in total. The lowest BCUT2D eigenvalue weighted by Gasteiger charge is -2.47. The molecule has 0 amide bonds. The van der Waals surface area contributed by atoms with Gasteiger partial charge in [-0.25, -0.2) is 0 Å². The van der Waals surface area contributed by atoms with Crippen LogP contribution in [0.5, 0.6) is 0 Å². The van der Waals surface area contributed by atoms with E-state index in [2.05, 4.69) is 20.8 Å². The zero-order valence-corrected chi connectivity index (χ0v) is 9.22. The summed E-state index contributed by atoms with van der Waals surface area (Å²) >= 11 is 0. The van der Waals surface area contributed by atoms with Crippen LogP contribution < -0.4 is 0 Å². The molecule has 2 bridgehead atoms. The lowest BCUT2D eigenvalue weighted by molar-refractivity contribution is -0.165. The van der Waals surface area contributed by atoms with Gasteiger partial charge in [-0.2, -0.15) is 0 Å². The van der Waals surface area contributed by atoms with E-state index >= 15 is 0 Å². The summed E-state index contributed by atoms with van der Waals surface area (Å²) in [6.07, 6.45) is 4.37. The number of hydrogen-bond donors (Lipinski definition) is 0. The molecule has 3 rings (SSSR count). The molecule has 0 aromatic carbocycles. The normalized spacial score (nSPS) is 53.4. The molecule has 2 nitrogen and oxygen atoms in total. The molecule has 0 radical (unpaired) electrons. The largest absolute Gasteiger partial charge is 0.458 e. The van der Waals surface area contributed by atoms with Crippen molar-refractivity contribution in [1.29, 1.82) is 0 Å². The highest BCUT2D eigenvalue weighted by molar-refractivity contribution is 5.75. The standard InChI is InChI=1S/C12H18O2/c1-10(2)8-4-5-12(6-8)7-9(13)14-11(10,12)3/h8H,4-7H2,1-3H3/t8-,11+,12-/m1/s1. The van der Waals surface area contributed by atoms with E-state index in [0.29, 0.717) is 6.42 Å². The van der Waals surface area contributed by atoms with E-state index in [1.54, 1.807) is 0 Å². The molecule has 2 aliphatic carbocycles. The second-order valence-corrected chi connectivity index (χ2v) is 6.13. The third kappa shape index (κ3) is 0.636. The number of rotatable bonds is 0. The van der Waals surface area contributed by atoms with Gasteiger partial charge in [-0.15, -0.1) is 0 Å². The Balaban J connectivity index is 2.15. The van der Waals surface area contributed by atoms with Crippen LogP contribution in [-0.2, 0) is 9.53 Å². The summed E-state index contributed by atoms with van der Waals surface area (Å²) < 4.78 is 5.67. The molecule has 1 aliphatic heterocycles. The number of hydrogen-bond acceptors (Lipinski definition) is 2. The molecular weight excluding hydrogens is 176 g/mol. The smallest absolute Gasteiger partial charge is 0.307 e. The van der Waals surface area contributed by atoms with Crippen molar-refractivity contribution in [1.82, 2.24) is 0 Å². The first kappa shape index (κ1) is 8.75. The van der Waals surface area contributed by atoms with Gasteiger partial charge in [0.2, 0.25) is 0 Å². The lowest BCUT2D eigenvalue weighted by Crippen LogP contribution is -2.50. The maximum Gasteiger partial charge on any atom is 0.307 e.